The molecule has 0 saturated carbocycles. The average molecular weight is 239 g/mol. The van der Waals surface area contributed by atoms with E-state index in [0.717, 1.165) is 18.5 Å². The lowest BCUT2D eigenvalue weighted by molar-refractivity contribution is 0.931. The van der Waals surface area contributed by atoms with Gasteiger partial charge in [-0.25, -0.2) is 0 Å². The Morgan fingerprint density at radius 1 is 1.28 bits per heavy atom. The molecule has 0 radical (unpaired) electrons. The van der Waals surface area contributed by atoms with Crippen LogP contribution in [0.15, 0.2) is 53.8 Å². The second-order valence-corrected chi connectivity index (χ2v) is 4.86. The van der Waals surface area contributed by atoms with Crippen molar-refractivity contribution in [2.45, 2.75) is 26.7 Å². The number of rotatable bonds is 3. The van der Waals surface area contributed by atoms with E-state index in [-0.39, 0.29) is 0 Å². The Hall–Kier alpha value is -1.76. The molecule has 0 heterocycles. The van der Waals surface area contributed by atoms with Gasteiger partial charge in [0.2, 0.25) is 0 Å². The Morgan fingerprint density at radius 2 is 2.00 bits per heavy atom. The summed E-state index contributed by atoms with van der Waals surface area (Å²) >= 11 is 0. The highest BCUT2D eigenvalue weighted by atomic mass is 14.8. The molecular formula is C17H21N. The van der Waals surface area contributed by atoms with Gasteiger partial charge in [-0.1, -0.05) is 36.9 Å². The molecule has 0 amide bonds. The molecule has 1 aliphatic carbocycles. The first-order valence-corrected chi connectivity index (χ1v) is 6.47. The molecule has 1 aromatic carbocycles. The van der Waals surface area contributed by atoms with Crippen LogP contribution >= 0.6 is 0 Å². The van der Waals surface area contributed by atoms with E-state index < -0.39 is 0 Å². The fourth-order valence-corrected chi connectivity index (χ4v) is 2.46. The van der Waals surface area contributed by atoms with Crippen LogP contribution in [0.4, 0.5) is 0 Å². The Kier molecular flexibility index (Phi) is 3.71. The van der Waals surface area contributed by atoms with Gasteiger partial charge in [0, 0.05) is 12.7 Å². The van der Waals surface area contributed by atoms with Gasteiger partial charge >= 0.3 is 0 Å². The Balaban J connectivity index is 2.39. The van der Waals surface area contributed by atoms with Crippen molar-refractivity contribution in [1.82, 2.24) is 5.32 Å². The SMILES string of the molecule is C=C(NC)/C(C)=C/C1=C(C)c2ccccc2CC1. The fourth-order valence-electron chi connectivity index (χ4n) is 2.46. The summed E-state index contributed by atoms with van der Waals surface area (Å²) in [5.41, 5.74) is 7.92. The predicted octanol–water partition coefficient (Wildman–Crippen LogP) is 4.09. The number of hydrogen-bond acceptors (Lipinski definition) is 1. The fraction of sp³-hybridized carbons (Fsp3) is 0.294. The maximum absolute atomic E-state index is 4.01. The lowest BCUT2D eigenvalue weighted by Gasteiger charge is -2.20. The van der Waals surface area contributed by atoms with E-state index in [2.05, 4.69) is 56.1 Å². The summed E-state index contributed by atoms with van der Waals surface area (Å²) in [6, 6.07) is 8.70. The van der Waals surface area contributed by atoms with Gasteiger partial charge in [-0.15, -0.1) is 0 Å². The van der Waals surface area contributed by atoms with Crippen LogP contribution < -0.4 is 5.32 Å². The van der Waals surface area contributed by atoms with Gasteiger partial charge in [-0.05, 0) is 54.5 Å². The summed E-state index contributed by atoms with van der Waals surface area (Å²) in [5, 5.41) is 3.10. The molecule has 1 nitrogen and oxygen atoms in total. The number of nitrogens with one attached hydrogen (secondary N) is 1. The molecule has 2 rings (SSSR count). The van der Waals surface area contributed by atoms with Crippen molar-refractivity contribution in [2.24, 2.45) is 0 Å². The molecule has 94 valence electrons. The topological polar surface area (TPSA) is 12.0 Å². The molecule has 0 bridgehead atoms. The third-order valence-corrected chi connectivity index (χ3v) is 3.74. The van der Waals surface area contributed by atoms with Gasteiger partial charge in [-0.3, -0.25) is 0 Å². The molecule has 0 aromatic heterocycles. The Labute approximate surface area is 110 Å². The molecular weight excluding hydrogens is 218 g/mol. The highest BCUT2D eigenvalue weighted by Gasteiger charge is 2.14. The maximum Gasteiger partial charge on any atom is 0.0294 e. The van der Waals surface area contributed by atoms with Crippen molar-refractivity contribution in [3.8, 4) is 0 Å². The molecule has 0 saturated heterocycles. The van der Waals surface area contributed by atoms with E-state index in [1.54, 1.807) is 0 Å². The smallest absolute Gasteiger partial charge is 0.0294 e. The lowest BCUT2D eigenvalue weighted by Crippen LogP contribution is -2.07. The van der Waals surface area contributed by atoms with Gasteiger partial charge in [0.15, 0.2) is 0 Å². The Morgan fingerprint density at radius 3 is 2.72 bits per heavy atom. The van der Waals surface area contributed by atoms with E-state index in [1.807, 2.05) is 7.05 Å². The molecule has 1 aliphatic rings. The molecule has 0 unspecified atom stereocenters. The van der Waals surface area contributed by atoms with Crippen molar-refractivity contribution in [3.63, 3.8) is 0 Å². The van der Waals surface area contributed by atoms with E-state index in [4.69, 9.17) is 0 Å². The first-order valence-electron chi connectivity index (χ1n) is 6.47. The molecule has 1 N–H and O–H groups in total. The minimum atomic E-state index is 0.995. The van der Waals surface area contributed by atoms with Crippen LogP contribution in [0.5, 0.6) is 0 Å². The van der Waals surface area contributed by atoms with Crippen LogP contribution in [0.2, 0.25) is 0 Å². The van der Waals surface area contributed by atoms with Crippen molar-refractivity contribution < 1.29 is 0 Å². The molecule has 18 heavy (non-hydrogen) atoms. The van der Waals surface area contributed by atoms with Crippen LogP contribution in [0, 0.1) is 0 Å². The molecule has 0 spiro atoms. The summed E-state index contributed by atoms with van der Waals surface area (Å²) in [7, 11) is 1.91. The van der Waals surface area contributed by atoms with Crippen molar-refractivity contribution in [3.05, 3.63) is 64.9 Å². The zero-order chi connectivity index (χ0) is 13.1. The van der Waals surface area contributed by atoms with Crippen molar-refractivity contribution in [1.29, 1.82) is 0 Å². The van der Waals surface area contributed by atoms with Crippen molar-refractivity contribution >= 4 is 5.57 Å². The minimum Gasteiger partial charge on any atom is -0.388 e. The van der Waals surface area contributed by atoms with Gasteiger partial charge in [0.25, 0.3) is 0 Å². The van der Waals surface area contributed by atoms with Gasteiger partial charge in [0.1, 0.15) is 0 Å². The van der Waals surface area contributed by atoms with Gasteiger partial charge < -0.3 is 5.32 Å². The summed E-state index contributed by atoms with van der Waals surface area (Å²) in [6.07, 6.45) is 4.53. The van der Waals surface area contributed by atoms with Crippen molar-refractivity contribution in [2.75, 3.05) is 7.05 Å². The molecule has 1 aromatic rings. The Bertz CT molecular complexity index is 532. The minimum absolute atomic E-state index is 0.995. The standard InChI is InChI=1S/C17H21N/c1-12(14(3)18-4)11-16-10-9-15-7-5-6-8-17(15)13(16)2/h5-8,11,18H,3,9-10H2,1-2,4H3/b12-11+. The van der Waals surface area contributed by atoms with E-state index in [0.29, 0.717) is 0 Å². The molecule has 0 fully saturated rings. The molecule has 1 heteroatoms. The van der Waals surface area contributed by atoms with Gasteiger partial charge in [-0.2, -0.15) is 0 Å². The first kappa shape index (κ1) is 12.7. The second kappa shape index (κ2) is 5.26. The van der Waals surface area contributed by atoms with Gasteiger partial charge in [0.05, 0.1) is 0 Å². The van der Waals surface area contributed by atoms with Crippen LogP contribution in [0.3, 0.4) is 0 Å². The number of benzene rings is 1. The monoisotopic (exact) mass is 239 g/mol. The normalized spacial score (nSPS) is 15.4. The van der Waals surface area contributed by atoms with E-state index in [1.165, 1.54) is 27.8 Å². The molecule has 0 atom stereocenters. The average Bonchev–Trinajstić information content (AvgIpc) is 2.41. The number of hydrogen-bond donors (Lipinski definition) is 1. The van der Waals surface area contributed by atoms with E-state index >= 15 is 0 Å². The van der Waals surface area contributed by atoms with Crippen LogP contribution in [-0.2, 0) is 6.42 Å². The van der Waals surface area contributed by atoms with E-state index in [9.17, 15) is 0 Å². The highest BCUT2D eigenvalue weighted by molar-refractivity contribution is 5.73. The zero-order valence-corrected chi connectivity index (χ0v) is 11.5. The summed E-state index contributed by atoms with van der Waals surface area (Å²) in [6.45, 7) is 8.34. The summed E-state index contributed by atoms with van der Waals surface area (Å²) in [5.74, 6) is 0. The number of fused-ring (bicyclic) bond motifs is 1. The summed E-state index contributed by atoms with van der Waals surface area (Å²) < 4.78 is 0. The molecule has 0 aliphatic heterocycles. The predicted molar refractivity (Wildman–Crippen MR) is 79.3 cm³/mol. The third kappa shape index (κ3) is 2.40. The first-order chi connectivity index (χ1) is 8.63. The van der Waals surface area contributed by atoms with Crippen LogP contribution in [-0.4, -0.2) is 7.05 Å². The van der Waals surface area contributed by atoms with Crippen LogP contribution in [0.25, 0.3) is 5.57 Å². The maximum atomic E-state index is 4.01. The highest BCUT2D eigenvalue weighted by Crippen LogP contribution is 2.32. The lowest BCUT2D eigenvalue weighted by atomic mass is 9.85. The number of likely N-dealkylation sites (N-methyl/N-ethyl adjacent to an activating group) is 1. The zero-order valence-electron chi connectivity index (χ0n) is 11.5. The summed E-state index contributed by atoms with van der Waals surface area (Å²) in [4.78, 5) is 0. The second-order valence-electron chi connectivity index (χ2n) is 4.86. The van der Waals surface area contributed by atoms with Crippen LogP contribution in [0.1, 0.15) is 31.4 Å². The third-order valence-electron chi connectivity index (χ3n) is 3.74. The number of allylic oxidation sites excluding steroid dienone is 4. The number of aryl methyl sites for hydroxylation is 1. The quantitative estimate of drug-likeness (QED) is 0.783. The largest absolute Gasteiger partial charge is 0.388 e.